The molecule has 3 heteroatoms. The molecule has 0 fully saturated rings. The van der Waals surface area contributed by atoms with Crippen LogP contribution < -0.4 is 16.4 Å². The number of rotatable bonds is 6. The van der Waals surface area contributed by atoms with E-state index in [-0.39, 0.29) is 0 Å². The fourth-order valence-corrected chi connectivity index (χ4v) is 5.25. The van der Waals surface area contributed by atoms with E-state index in [4.69, 9.17) is 11.5 Å². The van der Waals surface area contributed by atoms with Gasteiger partial charge in [-0.1, -0.05) is 127 Å². The normalized spacial score (nSPS) is 10.8. The lowest BCUT2D eigenvalue weighted by atomic mass is 9.84. The second-order valence-corrected chi connectivity index (χ2v) is 9.41. The van der Waals surface area contributed by atoms with Crippen LogP contribution in [0.15, 0.2) is 152 Å². The minimum absolute atomic E-state index is 0.542. The lowest BCUT2D eigenvalue weighted by Gasteiger charge is -2.32. The van der Waals surface area contributed by atoms with Crippen molar-refractivity contribution in [3.63, 3.8) is 0 Å². The summed E-state index contributed by atoms with van der Waals surface area (Å²) >= 11 is 0. The molecule has 0 aromatic heterocycles. The molecule has 6 aromatic carbocycles. The first-order valence-corrected chi connectivity index (χ1v) is 13.1. The van der Waals surface area contributed by atoms with E-state index in [1.165, 1.54) is 0 Å². The van der Waals surface area contributed by atoms with Gasteiger partial charge in [-0.2, -0.15) is 0 Å². The fraction of sp³-hybridized carbons (Fsp3) is 0. The maximum Gasteiger partial charge on any atom is 0.0806 e. The van der Waals surface area contributed by atoms with Gasteiger partial charge >= 0.3 is 0 Å². The van der Waals surface area contributed by atoms with Gasteiger partial charge in [-0.3, -0.25) is 0 Å². The summed E-state index contributed by atoms with van der Waals surface area (Å²) in [6.45, 7) is 0. The van der Waals surface area contributed by atoms with Crippen molar-refractivity contribution >= 4 is 28.4 Å². The summed E-state index contributed by atoms with van der Waals surface area (Å²) in [7, 11) is 0. The Balaban J connectivity index is 1.82. The zero-order valence-electron chi connectivity index (χ0n) is 21.5. The molecule has 0 spiro atoms. The second-order valence-electron chi connectivity index (χ2n) is 9.41. The highest BCUT2D eigenvalue weighted by Crippen LogP contribution is 2.55. The smallest absolute Gasteiger partial charge is 0.0806 e. The third kappa shape index (κ3) is 4.51. The summed E-state index contributed by atoms with van der Waals surface area (Å²) in [6, 6.07) is 51.8. The lowest BCUT2D eigenvalue weighted by Crippen LogP contribution is -2.16. The maximum absolute atomic E-state index is 7.11. The Morgan fingerprint density at radius 1 is 0.333 bits per heavy atom. The standard InChI is InChI=1S/C36H29N3/c37-34-32(27-18-8-2-9-19-27)31(26-16-6-1-7-17-26)33(28-20-10-3-11-21-28)36(35(34)38)39(29-22-12-4-13-23-29)30-24-14-5-15-25-30/h1-25H,37-38H2. The minimum atomic E-state index is 0.542. The van der Waals surface area contributed by atoms with Crippen molar-refractivity contribution < 1.29 is 0 Å². The first-order chi connectivity index (χ1) is 19.2. The van der Waals surface area contributed by atoms with Crippen LogP contribution in [0.25, 0.3) is 33.4 Å². The molecule has 0 aliphatic heterocycles. The molecule has 0 bridgehead atoms. The van der Waals surface area contributed by atoms with E-state index in [9.17, 15) is 0 Å². The van der Waals surface area contributed by atoms with Gasteiger partial charge < -0.3 is 16.4 Å². The van der Waals surface area contributed by atoms with Gasteiger partial charge in [-0.25, -0.2) is 0 Å². The highest BCUT2D eigenvalue weighted by Gasteiger charge is 2.28. The number of nitrogens with two attached hydrogens (primary N) is 2. The SMILES string of the molecule is Nc1c(N)c(N(c2ccccc2)c2ccccc2)c(-c2ccccc2)c(-c2ccccc2)c1-c1ccccc1. The molecule has 0 amide bonds. The molecular weight excluding hydrogens is 474 g/mol. The number of anilines is 5. The van der Waals surface area contributed by atoms with Gasteiger partial charge in [-0.05, 0) is 41.0 Å². The molecule has 0 saturated heterocycles. The van der Waals surface area contributed by atoms with Crippen molar-refractivity contribution in [2.24, 2.45) is 0 Å². The van der Waals surface area contributed by atoms with Crippen LogP contribution in [-0.4, -0.2) is 0 Å². The molecule has 39 heavy (non-hydrogen) atoms. The summed E-state index contributed by atoms with van der Waals surface area (Å²) in [5.74, 6) is 0. The van der Waals surface area contributed by atoms with Crippen LogP contribution in [0.3, 0.4) is 0 Å². The van der Waals surface area contributed by atoms with Crippen LogP contribution in [0.2, 0.25) is 0 Å². The minimum Gasteiger partial charge on any atom is -0.396 e. The summed E-state index contributed by atoms with van der Waals surface area (Å²) in [6.07, 6.45) is 0. The van der Waals surface area contributed by atoms with E-state index in [2.05, 4.69) is 89.8 Å². The Labute approximate surface area is 229 Å². The molecule has 0 aliphatic rings. The zero-order chi connectivity index (χ0) is 26.6. The summed E-state index contributed by atoms with van der Waals surface area (Å²) in [5, 5.41) is 0. The van der Waals surface area contributed by atoms with Crippen LogP contribution in [0.5, 0.6) is 0 Å². The quantitative estimate of drug-likeness (QED) is 0.223. The molecule has 0 radical (unpaired) electrons. The topological polar surface area (TPSA) is 55.3 Å². The molecular formula is C36H29N3. The Bertz CT molecular complexity index is 1640. The molecule has 0 saturated carbocycles. The monoisotopic (exact) mass is 503 g/mol. The summed E-state index contributed by atoms with van der Waals surface area (Å²) in [4.78, 5) is 2.22. The molecule has 188 valence electrons. The molecule has 6 aromatic rings. The third-order valence-corrected chi connectivity index (χ3v) is 6.99. The summed E-state index contributed by atoms with van der Waals surface area (Å²) < 4.78 is 0. The van der Waals surface area contributed by atoms with Crippen LogP contribution >= 0.6 is 0 Å². The lowest BCUT2D eigenvalue weighted by molar-refractivity contribution is 1.29. The van der Waals surface area contributed by atoms with Crippen LogP contribution in [0.4, 0.5) is 28.4 Å². The van der Waals surface area contributed by atoms with Crippen LogP contribution in [0.1, 0.15) is 0 Å². The second kappa shape index (κ2) is 10.6. The highest BCUT2D eigenvalue weighted by atomic mass is 15.2. The number of nitrogen functional groups attached to an aromatic ring is 2. The van der Waals surface area contributed by atoms with E-state index >= 15 is 0 Å². The number of hydrogen-bond acceptors (Lipinski definition) is 3. The largest absolute Gasteiger partial charge is 0.396 e. The van der Waals surface area contributed by atoms with Gasteiger partial charge in [-0.15, -0.1) is 0 Å². The predicted octanol–water partition coefficient (Wildman–Crippen LogP) is 9.32. The number of nitrogens with zero attached hydrogens (tertiary/aromatic N) is 1. The van der Waals surface area contributed by atoms with Crippen molar-refractivity contribution in [1.82, 2.24) is 0 Å². The first-order valence-electron chi connectivity index (χ1n) is 13.1. The van der Waals surface area contributed by atoms with Crippen LogP contribution in [0, 0.1) is 0 Å². The van der Waals surface area contributed by atoms with Gasteiger partial charge in [0.25, 0.3) is 0 Å². The van der Waals surface area contributed by atoms with E-state index in [0.717, 1.165) is 50.4 Å². The Kier molecular flexibility index (Phi) is 6.55. The van der Waals surface area contributed by atoms with Crippen molar-refractivity contribution in [2.75, 3.05) is 16.4 Å². The fourth-order valence-electron chi connectivity index (χ4n) is 5.25. The van der Waals surface area contributed by atoms with E-state index < -0.39 is 0 Å². The van der Waals surface area contributed by atoms with E-state index in [1.807, 2.05) is 66.7 Å². The number of para-hydroxylation sites is 2. The van der Waals surface area contributed by atoms with Crippen LogP contribution in [-0.2, 0) is 0 Å². The van der Waals surface area contributed by atoms with E-state index in [1.54, 1.807) is 0 Å². The van der Waals surface area contributed by atoms with E-state index in [0.29, 0.717) is 11.4 Å². The molecule has 3 nitrogen and oxygen atoms in total. The first kappa shape index (κ1) is 24.1. The molecule has 0 heterocycles. The van der Waals surface area contributed by atoms with Crippen molar-refractivity contribution in [3.05, 3.63) is 152 Å². The number of hydrogen-bond donors (Lipinski definition) is 2. The third-order valence-electron chi connectivity index (χ3n) is 6.99. The summed E-state index contributed by atoms with van der Waals surface area (Å²) in [5.41, 5.74) is 24.3. The number of benzene rings is 6. The van der Waals surface area contributed by atoms with Crippen molar-refractivity contribution in [2.45, 2.75) is 0 Å². The van der Waals surface area contributed by atoms with Gasteiger partial charge in [0.15, 0.2) is 0 Å². The maximum atomic E-state index is 7.11. The van der Waals surface area contributed by atoms with Gasteiger partial charge in [0, 0.05) is 28.1 Å². The average Bonchev–Trinajstić information content (AvgIpc) is 3.01. The predicted molar refractivity (Wildman–Crippen MR) is 166 cm³/mol. The van der Waals surface area contributed by atoms with Gasteiger partial charge in [0.05, 0.1) is 17.1 Å². The molecule has 0 aliphatic carbocycles. The molecule has 6 rings (SSSR count). The zero-order valence-corrected chi connectivity index (χ0v) is 21.5. The Morgan fingerprint density at radius 2 is 0.667 bits per heavy atom. The van der Waals surface area contributed by atoms with Crippen molar-refractivity contribution in [3.8, 4) is 33.4 Å². The van der Waals surface area contributed by atoms with Gasteiger partial charge in [0.2, 0.25) is 0 Å². The molecule has 0 atom stereocenters. The van der Waals surface area contributed by atoms with Gasteiger partial charge in [0.1, 0.15) is 0 Å². The molecule has 4 N–H and O–H groups in total. The molecule has 0 unspecified atom stereocenters. The Morgan fingerprint density at radius 3 is 1.08 bits per heavy atom. The average molecular weight is 504 g/mol. The van der Waals surface area contributed by atoms with Crippen molar-refractivity contribution in [1.29, 1.82) is 0 Å². The highest BCUT2D eigenvalue weighted by molar-refractivity contribution is 6.12. The Hall–Kier alpha value is -5.28.